The molecule has 8 nitrogen and oxygen atoms in total. The lowest BCUT2D eigenvalue weighted by Crippen LogP contribution is -2.50. The highest BCUT2D eigenvalue weighted by Gasteiger charge is 2.41. The molecule has 0 N–H and O–H groups in total. The minimum Gasteiger partial charge on any atom is -0.361 e. The van der Waals surface area contributed by atoms with Gasteiger partial charge in [-0.15, -0.1) is 0 Å². The summed E-state index contributed by atoms with van der Waals surface area (Å²) >= 11 is 0. The van der Waals surface area contributed by atoms with Crippen LogP contribution in [0.3, 0.4) is 0 Å². The fraction of sp³-hybridized carbons (Fsp3) is 0.600. The molecule has 3 fully saturated rings. The fourth-order valence-electron chi connectivity index (χ4n) is 4.84. The van der Waals surface area contributed by atoms with Crippen molar-refractivity contribution in [3.05, 3.63) is 29.9 Å². The minimum atomic E-state index is -0.0216. The number of amides is 1. The lowest BCUT2D eigenvalue weighted by atomic mass is 9.92. The van der Waals surface area contributed by atoms with Crippen molar-refractivity contribution in [1.82, 2.24) is 20.0 Å². The van der Waals surface area contributed by atoms with Crippen LogP contribution in [0.25, 0.3) is 0 Å². The predicted molar refractivity (Wildman–Crippen MR) is 104 cm³/mol. The Hall–Kier alpha value is -2.64. The Bertz CT molecular complexity index is 862. The Balaban J connectivity index is 1.34. The molecule has 5 rings (SSSR count). The second-order valence-electron chi connectivity index (χ2n) is 8.10. The number of carbonyl (C=O) groups is 1. The minimum absolute atomic E-state index is 0.0216. The van der Waals surface area contributed by atoms with E-state index in [1.807, 2.05) is 11.8 Å². The Morgan fingerprint density at radius 3 is 2.54 bits per heavy atom. The van der Waals surface area contributed by atoms with Crippen molar-refractivity contribution in [2.24, 2.45) is 5.92 Å². The number of hydrogen-bond acceptors (Lipinski definition) is 7. The molecule has 2 atom stereocenters. The first-order valence-electron chi connectivity index (χ1n) is 10.3. The summed E-state index contributed by atoms with van der Waals surface area (Å²) in [4.78, 5) is 28.6. The molecule has 2 unspecified atom stereocenters. The van der Waals surface area contributed by atoms with E-state index in [1.165, 1.54) is 12.8 Å². The SMILES string of the molecule is Cc1cc(C(=O)N2CCC3CCN(c4cc(N5CCCC5)ncn4)CC32)no1. The van der Waals surface area contributed by atoms with Crippen LogP contribution in [0.5, 0.6) is 0 Å². The van der Waals surface area contributed by atoms with E-state index in [0.29, 0.717) is 17.4 Å². The predicted octanol–water partition coefficient (Wildman–Crippen LogP) is 2.11. The quantitative estimate of drug-likeness (QED) is 0.804. The molecular weight excluding hydrogens is 356 g/mol. The molecule has 0 bridgehead atoms. The van der Waals surface area contributed by atoms with Gasteiger partial charge in [0.1, 0.15) is 23.7 Å². The van der Waals surface area contributed by atoms with Crippen molar-refractivity contribution in [2.75, 3.05) is 42.5 Å². The maximum Gasteiger partial charge on any atom is 0.276 e. The third-order valence-corrected chi connectivity index (χ3v) is 6.36. The number of aromatic nitrogens is 3. The largest absolute Gasteiger partial charge is 0.361 e. The maximum atomic E-state index is 12.9. The van der Waals surface area contributed by atoms with Crippen LogP contribution >= 0.6 is 0 Å². The lowest BCUT2D eigenvalue weighted by molar-refractivity contribution is 0.0701. The maximum absolute atomic E-state index is 12.9. The summed E-state index contributed by atoms with van der Waals surface area (Å²) in [5, 5.41) is 3.92. The number of rotatable bonds is 3. The summed E-state index contributed by atoms with van der Waals surface area (Å²) in [5.41, 5.74) is 0.411. The van der Waals surface area contributed by atoms with Crippen LogP contribution in [0.15, 0.2) is 23.0 Å². The highest BCUT2D eigenvalue weighted by molar-refractivity contribution is 5.92. The van der Waals surface area contributed by atoms with Gasteiger partial charge in [0.15, 0.2) is 5.69 Å². The average molecular weight is 382 g/mol. The molecule has 0 saturated carbocycles. The summed E-state index contributed by atoms with van der Waals surface area (Å²) in [6.45, 7) is 6.52. The molecule has 5 heterocycles. The standard InChI is InChI=1S/C20H26N6O2/c1-14-10-16(23-28-14)20(27)26-9-5-15-4-8-25(12-17(15)26)19-11-18(21-13-22-19)24-6-2-3-7-24/h10-11,13,15,17H,2-9,12H2,1H3. The van der Waals surface area contributed by atoms with Crippen molar-refractivity contribution >= 4 is 17.5 Å². The van der Waals surface area contributed by atoms with Crippen LogP contribution in [-0.2, 0) is 0 Å². The molecule has 0 aliphatic carbocycles. The van der Waals surface area contributed by atoms with Crippen LogP contribution < -0.4 is 9.80 Å². The van der Waals surface area contributed by atoms with E-state index in [-0.39, 0.29) is 11.9 Å². The molecule has 3 aliphatic rings. The van der Waals surface area contributed by atoms with Crippen molar-refractivity contribution in [3.63, 3.8) is 0 Å². The third kappa shape index (κ3) is 3.10. The van der Waals surface area contributed by atoms with E-state index in [4.69, 9.17) is 4.52 Å². The number of aryl methyl sites for hydroxylation is 1. The Morgan fingerprint density at radius 2 is 1.79 bits per heavy atom. The van der Waals surface area contributed by atoms with Gasteiger partial charge in [0.2, 0.25) is 0 Å². The van der Waals surface area contributed by atoms with Crippen LogP contribution in [0.4, 0.5) is 11.6 Å². The van der Waals surface area contributed by atoms with Gasteiger partial charge >= 0.3 is 0 Å². The average Bonchev–Trinajstić information content (AvgIpc) is 3.47. The molecule has 0 radical (unpaired) electrons. The molecule has 0 aromatic carbocycles. The first-order valence-corrected chi connectivity index (χ1v) is 10.3. The number of piperidine rings is 1. The fourth-order valence-corrected chi connectivity index (χ4v) is 4.84. The number of carbonyl (C=O) groups excluding carboxylic acids is 1. The van der Waals surface area contributed by atoms with Gasteiger partial charge in [-0.05, 0) is 38.5 Å². The molecule has 2 aromatic rings. The monoisotopic (exact) mass is 382 g/mol. The molecule has 0 spiro atoms. The van der Waals surface area contributed by atoms with Gasteiger partial charge in [0.05, 0.1) is 6.04 Å². The Kier molecular flexibility index (Phi) is 4.41. The second kappa shape index (κ2) is 7.07. The van der Waals surface area contributed by atoms with Gasteiger partial charge in [0.25, 0.3) is 5.91 Å². The number of likely N-dealkylation sites (tertiary alicyclic amines) is 1. The summed E-state index contributed by atoms with van der Waals surface area (Å²) in [7, 11) is 0. The zero-order chi connectivity index (χ0) is 19.1. The number of hydrogen-bond donors (Lipinski definition) is 0. The first-order chi connectivity index (χ1) is 13.7. The van der Waals surface area contributed by atoms with Crippen molar-refractivity contribution in [2.45, 2.75) is 38.6 Å². The van der Waals surface area contributed by atoms with E-state index in [9.17, 15) is 4.79 Å². The van der Waals surface area contributed by atoms with Crippen LogP contribution in [0.1, 0.15) is 41.9 Å². The Morgan fingerprint density at radius 1 is 1.04 bits per heavy atom. The highest BCUT2D eigenvalue weighted by atomic mass is 16.5. The van der Waals surface area contributed by atoms with E-state index in [0.717, 1.165) is 57.2 Å². The highest BCUT2D eigenvalue weighted by Crippen LogP contribution is 2.34. The summed E-state index contributed by atoms with van der Waals surface area (Å²) in [6.07, 6.45) is 6.26. The third-order valence-electron chi connectivity index (χ3n) is 6.36. The van der Waals surface area contributed by atoms with Gasteiger partial charge in [-0.1, -0.05) is 5.16 Å². The van der Waals surface area contributed by atoms with Crippen molar-refractivity contribution in [3.8, 4) is 0 Å². The van der Waals surface area contributed by atoms with Gasteiger partial charge in [-0.3, -0.25) is 4.79 Å². The normalized spacial score (nSPS) is 24.7. The summed E-state index contributed by atoms with van der Waals surface area (Å²) < 4.78 is 5.10. The molecular formula is C20H26N6O2. The van der Waals surface area contributed by atoms with Crippen molar-refractivity contribution < 1.29 is 9.32 Å². The zero-order valence-electron chi connectivity index (χ0n) is 16.3. The van der Waals surface area contributed by atoms with Crippen LogP contribution in [0.2, 0.25) is 0 Å². The van der Waals surface area contributed by atoms with Crippen LogP contribution in [-0.4, -0.2) is 64.7 Å². The smallest absolute Gasteiger partial charge is 0.276 e. The molecule has 28 heavy (non-hydrogen) atoms. The Labute approximate surface area is 164 Å². The number of nitrogens with zero attached hydrogens (tertiary/aromatic N) is 6. The number of fused-ring (bicyclic) bond motifs is 1. The molecule has 3 aliphatic heterocycles. The zero-order valence-corrected chi connectivity index (χ0v) is 16.3. The molecule has 3 saturated heterocycles. The van der Waals surface area contributed by atoms with E-state index in [2.05, 4.69) is 31.0 Å². The van der Waals surface area contributed by atoms with Gasteiger partial charge in [-0.2, -0.15) is 0 Å². The summed E-state index contributed by atoms with van der Waals surface area (Å²) in [6, 6.07) is 4.03. The van der Waals surface area contributed by atoms with Gasteiger partial charge in [-0.25, -0.2) is 9.97 Å². The lowest BCUT2D eigenvalue weighted by Gasteiger charge is -2.39. The van der Waals surface area contributed by atoms with E-state index >= 15 is 0 Å². The van der Waals surface area contributed by atoms with Crippen molar-refractivity contribution in [1.29, 1.82) is 0 Å². The molecule has 8 heteroatoms. The van der Waals surface area contributed by atoms with Crippen LogP contribution in [0, 0.1) is 12.8 Å². The van der Waals surface area contributed by atoms with E-state index < -0.39 is 0 Å². The van der Waals surface area contributed by atoms with Gasteiger partial charge < -0.3 is 19.2 Å². The number of anilines is 2. The molecule has 1 amide bonds. The second-order valence-corrected chi connectivity index (χ2v) is 8.10. The topological polar surface area (TPSA) is 78.6 Å². The molecule has 148 valence electrons. The first kappa shape index (κ1) is 17.5. The molecule has 2 aromatic heterocycles. The van der Waals surface area contributed by atoms with E-state index in [1.54, 1.807) is 12.4 Å². The summed E-state index contributed by atoms with van der Waals surface area (Å²) in [5.74, 6) is 3.17. The van der Waals surface area contributed by atoms with Gasteiger partial charge in [0, 0.05) is 44.9 Å².